The fourth-order valence-electron chi connectivity index (χ4n) is 2.93. The lowest BCUT2D eigenvalue weighted by atomic mass is 9.99. The van der Waals surface area contributed by atoms with Gasteiger partial charge in [-0.1, -0.05) is 30.3 Å². The first-order valence-electron chi connectivity index (χ1n) is 8.43. The first kappa shape index (κ1) is 19.3. The number of fused-ring (bicyclic) bond motifs is 1. The van der Waals surface area contributed by atoms with Gasteiger partial charge in [0, 0.05) is 26.0 Å². The number of amides is 1. The van der Waals surface area contributed by atoms with Gasteiger partial charge in [0.2, 0.25) is 15.9 Å². The van der Waals surface area contributed by atoms with Gasteiger partial charge in [0.25, 0.3) is 0 Å². The fourth-order valence-corrected chi connectivity index (χ4v) is 4.00. The zero-order valence-electron chi connectivity index (χ0n) is 14.5. The molecule has 2 aromatic carbocycles. The Labute approximate surface area is 156 Å². The maximum Gasteiger partial charge on any atom is 0.331 e. The average Bonchev–Trinajstić information content (AvgIpc) is 3.11. The van der Waals surface area contributed by atoms with Gasteiger partial charge in [-0.2, -0.15) is 0 Å². The topological polar surface area (TPSA) is 122 Å². The van der Waals surface area contributed by atoms with E-state index < -0.39 is 27.4 Å². The second kappa shape index (κ2) is 7.63. The van der Waals surface area contributed by atoms with Crippen molar-refractivity contribution < 1.29 is 27.9 Å². The molecule has 1 atom stereocenters. The molecule has 1 saturated heterocycles. The third-order valence-corrected chi connectivity index (χ3v) is 5.94. The number of nitrogens with one attached hydrogen (secondary N) is 2. The second-order valence-electron chi connectivity index (χ2n) is 6.39. The third-order valence-electron chi connectivity index (χ3n) is 4.49. The summed E-state index contributed by atoms with van der Waals surface area (Å²) in [5, 5.41) is 13.5. The molecule has 0 aliphatic carbocycles. The number of ether oxygens (including phenoxy) is 1. The van der Waals surface area contributed by atoms with E-state index in [-0.39, 0.29) is 37.5 Å². The van der Waals surface area contributed by atoms with Crippen LogP contribution in [0.5, 0.6) is 0 Å². The summed E-state index contributed by atoms with van der Waals surface area (Å²) in [6.07, 6.45) is -0.00126. The van der Waals surface area contributed by atoms with Crippen molar-refractivity contribution in [2.75, 3.05) is 19.8 Å². The maximum atomic E-state index is 12.4. The molecule has 1 amide bonds. The molecule has 1 aliphatic heterocycles. The Bertz CT molecular complexity index is 967. The number of carbonyl (C=O) groups excluding carboxylic acids is 1. The van der Waals surface area contributed by atoms with Crippen molar-refractivity contribution in [3.63, 3.8) is 0 Å². The third kappa shape index (κ3) is 4.26. The van der Waals surface area contributed by atoms with Crippen LogP contribution in [0.3, 0.4) is 0 Å². The molecule has 1 unspecified atom stereocenters. The molecule has 144 valence electrons. The van der Waals surface area contributed by atoms with Crippen LogP contribution in [0.1, 0.15) is 12.8 Å². The molecular formula is C18H20N2O6S. The first-order valence-corrected chi connectivity index (χ1v) is 9.91. The molecule has 1 heterocycles. The van der Waals surface area contributed by atoms with Crippen LogP contribution in [-0.4, -0.2) is 50.7 Å². The number of carboxylic acid groups (broad SMARTS) is 1. The molecule has 3 rings (SSSR count). The lowest BCUT2D eigenvalue weighted by Gasteiger charge is -2.23. The Kier molecular flexibility index (Phi) is 5.45. The number of hydrogen-bond donors (Lipinski definition) is 3. The molecule has 0 spiro atoms. The van der Waals surface area contributed by atoms with Crippen LogP contribution in [0, 0.1) is 0 Å². The minimum atomic E-state index is -3.78. The van der Waals surface area contributed by atoms with Crippen molar-refractivity contribution in [1.82, 2.24) is 10.0 Å². The van der Waals surface area contributed by atoms with Gasteiger partial charge in [-0.05, 0) is 22.9 Å². The second-order valence-corrected chi connectivity index (χ2v) is 8.16. The van der Waals surface area contributed by atoms with Gasteiger partial charge in [0.15, 0.2) is 5.54 Å². The van der Waals surface area contributed by atoms with E-state index in [1.807, 2.05) is 24.3 Å². The van der Waals surface area contributed by atoms with Gasteiger partial charge in [-0.25, -0.2) is 17.9 Å². The smallest absolute Gasteiger partial charge is 0.331 e. The number of carbonyl (C=O) groups is 2. The summed E-state index contributed by atoms with van der Waals surface area (Å²) >= 11 is 0. The molecule has 0 radical (unpaired) electrons. The minimum absolute atomic E-state index is 0.100. The molecule has 1 fully saturated rings. The number of carboxylic acids is 1. The first-order chi connectivity index (χ1) is 12.8. The Morgan fingerprint density at radius 1 is 1.15 bits per heavy atom. The highest BCUT2D eigenvalue weighted by Gasteiger charge is 2.43. The molecular weight excluding hydrogens is 372 g/mol. The number of hydrogen-bond acceptors (Lipinski definition) is 5. The van der Waals surface area contributed by atoms with E-state index in [0.717, 1.165) is 10.8 Å². The van der Waals surface area contributed by atoms with E-state index in [9.17, 15) is 23.1 Å². The fraction of sp³-hybridized carbons (Fsp3) is 0.333. The summed E-state index contributed by atoms with van der Waals surface area (Å²) in [6.45, 7) is 0.00954. The maximum absolute atomic E-state index is 12.4. The van der Waals surface area contributed by atoms with Crippen LogP contribution in [0.25, 0.3) is 10.8 Å². The van der Waals surface area contributed by atoms with E-state index in [2.05, 4.69) is 10.0 Å². The van der Waals surface area contributed by atoms with Crippen LogP contribution in [0.4, 0.5) is 0 Å². The van der Waals surface area contributed by atoms with Crippen LogP contribution < -0.4 is 10.0 Å². The summed E-state index contributed by atoms with van der Waals surface area (Å²) in [5.74, 6) is -1.71. The van der Waals surface area contributed by atoms with Gasteiger partial charge in [-0.3, -0.25) is 4.79 Å². The summed E-state index contributed by atoms with van der Waals surface area (Å²) in [5.41, 5.74) is -1.44. The van der Waals surface area contributed by atoms with E-state index >= 15 is 0 Å². The summed E-state index contributed by atoms with van der Waals surface area (Å²) in [7, 11) is -3.78. The van der Waals surface area contributed by atoms with Crippen LogP contribution in [0.2, 0.25) is 0 Å². The van der Waals surface area contributed by atoms with Crippen molar-refractivity contribution >= 4 is 32.7 Å². The van der Waals surface area contributed by atoms with Crippen LogP contribution in [0.15, 0.2) is 47.4 Å². The lowest BCUT2D eigenvalue weighted by Crippen LogP contribution is -2.55. The lowest BCUT2D eigenvalue weighted by molar-refractivity contribution is -0.147. The normalized spacial score (nSPS) is 19.9. The molecule has 0 saturated carbocycles. The summed E-state index contributed by atoms with van der Waals surface area (Å²) in [4.78, 5) is 23.5. The van der Waals surface area contributed by atoms with Gasteiger partial charge in [0.05, 0.1) is 11.5 Å². The van der Waals surface area contributed by atoms with Gasteiger partial charge < -0.3 is 15.2 Å². The van der Waals surface area contributed by atoms with E-state index in [0.29, 0.717) is 0 Å². The van der Waals surface area contributed by atoms with Crippen molar-refractivity contribution in [1.29, 1.82) is 0 Å². The van der Waals surface area contributed by atoms with Crippen LogP contribution in [-0.2, 0) is 24.3 Å². The predicted octanol–water partition coefficient (Wildman–Crippen LogP) is 0.868. The van der Waals surface area contributed by atoms with E-state index in [1.165, 1.54) is 6.07 Å². The van der Waals surface area contributed by atoms with Gasteiger partial charge >= 0.3 is 5.97 Å². The highest BCUT2D eigenvalue weighted by atomic mass is 32.2. The Morgan fingerprint density at radius 3 is 2.56 bits per heavy atom. The minimum Gasteiger partial charge on any atom is -0.479 e. The Morgan fingerprint density at radius 2 is 1.89 bits per heavy atom. The zero-order chi connectivity index (χ0) is 19.5. The molecule has 9 heteroatoms. The zero-order valence-corrected chi connectivity index (χ0v) is 15.3. The van der Waals surface area contributed by atoms with E-state index in [4.69, 9.17) is 4.74 Å². The SMILES string of the molecule is O=C(CCNS(=O)(=O)c1ccc2ccccc2c1)NC1(C(=O)O)CCOC1. The van der Waals surface area contributed by atoms with Gasteiger partial charge in [-0.15, -0.1) is 0 Å². The number of benzene rings is 2. The van der Waals surface area contributed by atoms with Crippen molar-refractivity contribution in [3.8, 4) is 0 Å². The summed E-state index contributed by atoms with van der Waals surface area (Å²) in [6, 6.07) is 12.2. The quantitative estimate of drug-likeness (QED) is 0.643. The van der Waals surface area contributed by atoms with Gasteiger partial charge in [0.1, 0.15) is 0 Å². The number of sulfonamides is 1. The molecule has 2 aromatic rings. The monoisotopic (exact) mass is 392 g/mol. The Hall–Kier alpha value is -2.49. The largest absolute Gasteiger partial charge is 0.479 e. The number of rotatable bonds is 7. The van der Waals surface area contributed by atoms with Crippen molar-refractivity contribution in [2.24, 2.45) is 0 Å². The summed E-state index contributed by atoms with van der Waals surface area (Å²) < 4.78 is 32.3. The van der Waals surface area contributed by atoms with Crippen molar-refractivity contribution in [2.45, 2.75) is 23.3 Å². The highest BCUT2D eigenvalue weighted by Crippen LogP contribution is 2.20. The standard InChI is InChI=1S/C18H20N2O6S/c21-16(20-18(17(22)23)8-10-26-12-18)7-9-19-27(24,25)15-6-5-13-3-1-2-4-14(13)11-15/h1-6,11,19H,7-10,12H2,(H,20,21)(H,22,23). The molecule has 27 heavy (non-hydrogen) atoms. The molecule has 3 N–H and O–H groups in total. The molecule has 8 nitrogen and oxygen atoms in total. The molecule has 1 aliphatic rings. The highest BCUT2D eigenvalue weighted by molar-refractivity contribution is 7.89. The number of aliphatic carboxylic acids is 1. The predicted molar refractivity (Wildman–Crippen MR) is 97.7 cm³/mol. The molecule has 0 bridgehead atoms. The molecule has 0 aromatic heterocycles. The van der Waals surface area contributed by atoms with Crippen LogP contribution >= 0.6 is 0 Å². The average molecular weight is 392 g/mol. The van der Waals surface area contributed by atoms with Crippen molar-refractivity contribution in [3.05, 3.63) is 42.5 Å². The Balaban J connectivity index is 1.60. The van der Waals surface area contributed by atoms with E-state index in [1.54, 1.807) is 12.1 Å².